The number of rotatable bonds is 4. The van der Waals surface area contributed by atoms with Gasteiger partial charge >= 0.3 is 6.02 Å². The molecule has 0 aromatic heterocycles. The molecule has 1 rings (SSSR count). The van der Waals surface area contributed by atoms with Gasteiger partial charge in [-0.1, -0.05) is 12.1 Å². The van der Waals surface area contributed by atoms with Gasteiger partial charge in [0, 0.05) is 18.2 Å². The third-order valence-corrected chi connectivity index (χ3v) is 2.54. The summed E-state index contributed by atoms with van der Waals surface area (Å²) in [4.78, 5) is 11.6. The van der Waals surface area contributed by atoms with Gasteiger partial charge in [-0.3, -0.25) is 0 Å². The van der Waals surface area contributed by atoms with Crippen LogP contribution in [0.1, 0.15) is 19.4 Å². The van der Waals surface area contributed by atoms with Crippen LogP contribution in [-0.4, -0.2) is 32.4 Å². The number of nitrogens with zero attached hydrogens (tertiary/aromatic N) is 3. The fourth-order valence-corrected chi connectivity index (χ4v) is 1.47. The largest absolute Gasteiger partial charge is 0.467 e. The van der Waals surface area contributed by atoms with Crippen molar-refractivity contribution < 1.29 is 13.5 Å². The first kappa shape index (κ1) is 16.7. The van der Waals surface area contributed by atoms with E-state index in [0.29, 0.717) is 11.5 Å². The molecule has 0 radical (unpaired) electrons. The lowest BCUT2D eigenvalue weighted by Gasteiger charge is -2.12. The van der Waals surface area contributed by atoms with E-state index < -0.39 is 5.92 Å². The van der Waals surface area contributed by atoms with Crippen molar-refractivity contribution in [2.75, 3.05) is 19.1 Å². The van der Waals surface area contributed by atoms with Crippen LogP contribution in [0.5, 0.6) is 0 Å². The topological polar surface area (TPSA) is 58.3 Å². The van der Waals surface area contributed by atoms with Crippen molar-refractivity contribution in [1.82, 2.24) is 0 Å². The molecule has 0 saturated carbocycles. The van der Waals surface area contributed by atoms with Crippen molar-refractivity contribution in [3.05, 3.63) is 29.8 Å². The summed E-state index contributed by atoms with van der Waals surface area (Å²) < 4.78 is 31.2. The first-order valence-corrected chi connectivity index (χ1v) is 6.19. The molecular weight excluding hydrogens is 278 g/mol. The highest BCUT2D eigenvalue weighted by Gasteiger charge is 2.23. The van der Waals surface area contributed by atoms with Crippen LogP contribution in [0.2, 0.25) is 0 Å². The van der Waals surface area contributed by atoms with Crippen LogP contribution in [0.4, 0.5) is 14.5 Å². The van der Waals surface area contributed by atoms with E-state index in [9.17, 15) is 8.78 Å². The van der Waals surface area contributed by atoms with Gasteiger partial charge in [0.15, 0.2) is 0 Å². The Kier molecular flexibility index (Phi) is 5.95. The average Bonchev–Trinajstić information content (AvgIpc) is 2.44. The number of methoxy groups -OCH3 is 1. The lowest BCUT2D eigenvalue weighted by molar-refractivity contribution is 0.0175. The molecule has 1 aromatic carbocycles. The van der Waals surface area contributed by atoms with Crippen LogP contribution in [0, 0.1) is 0 Å². The number of anilines is 1. The molecule has 0 amide bonds. The molecule has 1 N–H and O–H groups in total. The lowest BCUT2D eigenvalue weighted by atomic mass is 10.1. The van der Waals surface area contributed by atoms with Gasteiger partial charge in [-0.15, -0.1) is 0 Å². The van der Waals surface area contributed by atoms with E-state index in [-0.39, 0.29) is 18.3 Å². The molecule has 0 saturated heterocycles. The summed E-state index contributed by atoms with van der Waals surface area (Å²) in [6.45, 7) is 6.02. The number of halogens is 2. The first-order valence-electron chi connectivity index (χ1n) is 6.19. The summed E-state index contributed by atoms with van der Waals surface area (Å²) in [6, 6.07) is 6.14. The molecular formula is C14H18F2N4O. The van der Waals surface area contributed by atoms with Gasteiger partial charge in [0.25, 0.3) is 5.92 Å². The monoisotopic (exact) mass is 296 g/mol. The molecule has 7 heteroatoms. The van der Waals surface area contributed by atoms with E-state index in [2.05, 4.69) is 27.0 Å². The van der Waals surface area contributed by atoms with Gasteiger partial charge < -0.3 is 10.1 Å². The quantitative estimate of drug-likeness (QED) is 0.684. The maximum absolute atomic E-state index is 13.2. The standard InChI is InChI=1S/C14H18F2N4O/c1-10(20-13(17-3)21-4)18-9-19-12-7-5-6-11(8-12)14(2,15)16/h5-8,19H,3,9H2,1-2,4H3/b18-10-,20-13?. The van der Waals surface area contributed by atoms with Gasteiger partial charge in [0.1, 0.15) is 12.5 Å². The summed E-state index contributed by atoms with van der Waals surface area (Å²) in [6.07, 6.45) is 0. The average molecular weight is 296 g/mol. The Balaban J connectivity index is 2.68. The molecule has 0 aliphatic heterocycles. The first-order chi connectivity index (χ1) is 9.86. The second-order valence-corrected chi connectivity index (χ2v) is 4.27. The molecule has 21 heavy (non-hydrogen) atoms. The Morgan fingerprint density at radius 2 is 2.14 bits per heavy atom. The van der Waals surface area contributed by atoms with Crippen molar-refractivity contribution >= 4 is 24.3 Å². The van der Waals surface area contributed by atoms with Gasteiger partial charge in [0.05, 0.1) is 7.11 Å². The molecule has 114 valence electrons. The number of aliphatic imine (C=N–C) groups is 3. The fraction of sp³-hybridized carbons (Fsp3) is 0.357. The SMILES string of the molecule is C=NC(=N/C(C)=N\CNc1cccc(C(C)(F)F)c1)OC. The van der Waals surface area contributed by atoms with Gasteiger partial charge in [0.2, 0.25) is 0 Å². The summed E-state index contributed by atoms with van der Waals surface area (Å²) in [5.74, 6) is -2.44. The van der Waals surface area contributed by atoms with E-state index >= 15 is 0 Å². The zero-order valence-corrected chi connectivity index (χ0v) is 12.2. The number of nitrogens with one attached hydrogen (secondary N) is 1. The van der Waals surface area contributed by atoms with Crippen LogP contribution in [-0.2, 0) is 10.7 Å². The Morgan fingerprint density at radius 1 is 1.43 bits per heavy atom. The molecule has 0 unspecified atom stereocenters. The van der Waals surface area contributed by atoms with Crippen LogP contribution in [0.15, 0.2) is 39.2 Å². The number of hydrogen-bond acceptors (Lipinski definition) is 3. The Morgan fingerprint density at radius 3 is 2.71 bits per heavy atom. The smallest absolute Gasteiger partial charge is 0.317 e. The van der Waals surface area contributed by atoms with Gasteiger partial charge in [-0.25, -0.2) is 18.8 Å². The number of benzene rings is 1. The number of alkyl halides is 2. The van der Waals surface area contributed by atoms with Crippen molar-refractivity contribution in [2.24, 2.45) is 15.0 Å². The number of amidine groups is 2. The maximum Gasteiger partial charge on any atom is 0.317 e. The van der Waals surface area contributed by atoms with Crippen LogP contribution >= 0.6 is 0 Å². The lowest BCUT2D eigenvalue weighted by Crippen LogP contribution is -2.08. The highest BCUT2D eigenvalue weighted by atomic mass is 19.3. The van der Waals surface area contributed by atoms with Crippen molar-refractivity contribution in [3.8, 4) is 0 Å². The summed E-state index contributed by atoms with van der Waals surface area (Å²) >= 11 is 0. The van der Waals surface area contributed by atoms with Crippen molar-refractivity contribution in [2.45, 2.75) is 19.8 Å². The molecule has 0 spiro atoms. The fourth-order valence-electron chi connectivity index (χ4n) is 1.47. The second kappa shape index (κ2) is 7.47. The normalized spacial score (nSPS) is 13.0. The number of hydrogen-bond donors (Lipinski definition) is 1. The third-order valence-electron chi connectivity index (χ3n) is 2.54. The van der Waals surface area contributed by atoms with Crippen LogP contribution in [0.25, 0.3) is 0 Å². The van der Waals surface area contributed by atoms with Gasteiger partial charge in [-0.2, -0.15) is 4.99 Å². The zero-order chi connectivity index (χ0) is 15.9. The minimum absolute atomic E-state index is 0.0521. The molecule has 0 fully saturated rings. The van der Waals surface area contributed by atoms with Crippen molar-refractivity contribution in [1.29, 1.82) is 0 Å². The maximum atomic E-state index is 13.2. The Hall–Kier alpha value is -2.31. The van der Waals surface area contributed by atoms with Gasteiger partial charge in [-0.05, 0) is 25.8 Å². The molecule has 0 aliphatic rings. The highest BCUT2D eigenvalue weighted by Crippen LogP contribution is 2.28. The Labute approximate surface area is 122 Å². The molecule has 0 aliphatic carbocycles. The van der Waals surface area contributed by atoms with Crippen LogP contribution in [0.3, 0.4) is 0 Å². The van der Waals surface area contributed by atoms with E-state index in [4.69, 9.17) is 4.74 Å². The molecule has 0 heterocycles. The zero-order valence-electron chi connectivity index (χ0n) is 12.2. The van der Waals surface area contributed by atoms with Crippen molar-refractivity contribution in [3.63, 3.8) is 0 Å². The minimum Gasteiger partial charge on any atom is -0.467 e. The molecule has 1 aromatic rings. The molecule has 0 bridgehead atoms. The second-order valence-electron chi connectivity index (χ2n) is 4.27. The summed E-state index contributed by atoms with van der Waals surface area (Å²) in [7, 11) is 1.43. The molecule has 0 atom stereocenters. The highest BCUT2D eigenvalue weighted by molar-refractivity contribution is 5.93. The Bertz CT molecular complexity index is 550. The predicted octanol–water partition coefficient (Wildman–Crippen LogP) is 3.29. The third kappa shape index (κ3) is 5.68. The minimum atomic E-state index is -2.87. The summed E-state index contributed by atoms with van der Waals surface area (Å²) in [5.41, 5.74) is 0.507. The predicted molar refractivity (Wildman–Crippen MR) is 81.6 cm³/mol. The van der Waals surface area contributed by atoms with E-state index in [1.807, 2.05) is 0 Å². The summed E-state index contributed by atoms with van der Waals surface area (Å²) in [5, 5.41) is 2.92. The molecule has 5 nitrogen and oxygen atoms in total. The van der Waals surface area contributed by atoms with E-state index in [0.717, 1.165) is 6.92 Å². The van der Waals surface area contributed by atoms with E-state index in [1.165, 1.54) is 19.2 Å². The van der Waals surface area contributed by atoms with Crippen LogP contribution < -0.4 is 5.32 Å². The number of ether oxygens (including phenoxy) is 1. The van der Waals surface area contributed by atoms with E-state index in [1.54, 1.807) is 19.1 Å².